The van der Waals surface area contributed by atoms with Crippen molar-refractivity contribution < 1.29 is 14.2 Å². The minimum Gasteiger partial charge on any atom is -0.379 e. The molecule has 0 spiro atoms. The molecule has 0 aromatic rings. The molecule has 0 aliphatic rings. The third kappa shape index (κ3) is 48.5. The van der Waals surface area contributed by atoms with Crippen LogP contribution in [-0.2, 0) is 14.2 Å². The van der Waals surface area contributed by atoms with Crippen LogP contribution in [0.1, 0.15) is 194 Å². The van der Waals surface area contributed by atoms with Gasteiger partial charge in [0.15, 0.2) is 0 Å². The minimum atomic E-state index is 0. The zero-order valence-electron chi connectivity index (χ0n) is 25.3. The Bertz CT molecular complexity index is 409. The Kier molecular flexibility index (Phi) is 104. The van der Waals surface area contributed by atoms with Crippen molar-refractivity contribution in [3.8, 4) is 0 Å². The van der Waals surface area contributed by atoms with Gasteiger partial charge >= 0.3 is 0 Å². The van der Waals surface area contributed by atoms with E-state index >= 15 is 0 Å². The molecule has 1 atom stereocenters. The van der Waals surface area contributed by atoms with Crippen LogP contribution in [0.25, 0.3) is 0 Å². The van der Waals surface area contributed by atoms with E-state index < -0.39 is 0 Å². The molecule has 0 saturated carbocycles. The average Bonchev–Trinajstić information content (AvgIpc) is 2.88. The number of hydrogen-bond acceptors (Lipinski definition) is 3. The molecule has 0 saturated heterocycles. The first kappa shape index (κ1) is 78.6. The van der Waals surface area contributed by atoms with Gasteiger partial charge < -0.3 is 14.2 Å². The minimum absolute atomic E-state index is 0. The first-order valence-corrected chi connectivity index (χ1v) is 14.3. The highest BCUT2D eigenvalue weighted by Gasteiger charge is 2.20. The lowest BCUT2D eigenvalue weighted by atomic mass is 9.78. The summed E-state index contributed by atoms with van der Waals surface area (Å²) in [5.74, 6) is 0. The van der Waals surface area contributed by atoms with Crippen LogP contribution in [0.4, 0.5) is 0 Å². The molecule has 43 heavy (non-hydrogen) atoms. The standard InChI is InChI=1S/C14H26O3.C9H20.C8H18.9CH4/c1-4-7-10-16-13-14(12-15-9-6-3)17-11-8-5-2;1-5-9(6-2,7-3)8-4;1-5-8(4,6-2)7-3;;;;;;;;;/h4-5,7-8,14H,6,9-13H2,1-3H3;5-8H2,1-4H3;5-7H2,1-4H3;9*1H4/b7-4+,8-5+;;;;;;;;;;;. The predicted octanol–water partition coefficient (Wildman–Crippen LogP) is 15.5. The van der Waals surface area contributed by atoms with Crippen molar-refractivity contribution in [2.75, 3.05) is 33.0 Å². The fourth-order valence-corrected chi connectivity index (χ4v) is 3.41. The fourth-order valence-electron chi connectivity index (χ4n) is 3.41. The van der Waals surface area contributed by atoms with Crippen LogP contribution in [0, 0.1) is 10.8 Å². The summed E-state index contributed by atoms with van der Waals surface area (Å²) >= 11 is 0. The molecule has 0 aliphatic heterocycles. The van der Waals surface area contributed by atoms with Crippen LogP contribution in [0.2, 0.25) is 0 Å². The summed E-state index contributed by atoms with van der Waals surface area (Å²) in [6, 6.07) is 0. The third-order valence-corrected chi connectivity index (χ3v) is 7.63. The van der Waals surface area contributed by atoms with Crippen molar-refractivity contribution in [2.45, 2.75) is 200 Å². The van der Waals surface area contributed by atoms with Crippen molar-refractivity contribution in [3.63, 3.8) is 0 Å². The second-order valence-electron chi connectivity index (χ2n) is 9.49. The van der Waals surface area contributed by atoms with Crippen LogP contribution in [0.3, 0.4) is 0 Å². The Labute approximate surface area is 282 Å². The maximum absolute atomic E-state index is 5.65. The second kappa shape index (κ2) is 57.1. The molecule has 0 amide bonds. The van der Waals surface area contributed by atoms with Gasteiger partial charge in [0.25, 0.3) is 0 Å². The van der Waals surface area contributed by atoms with Crippen molar-refractivity contribution >= 4 is 0 Å². The van der Waals surface area contributed by atoms with Gasteiger partial charge in [-0.25, -0.2) is 0 Å². The molecule has 0 aromatic heterocycles. The van der Waals surface area contributed by atoms with E-state index in [9.17, 15) is 0 Å². The summed E-state index contributed by atoms with van der Waals surface area (Å²) in [4.78, 5) is 0. The topological polar surface area (TPSA) is 27.7 Å². The maximum Gasteiger partial charge on any atom is 0.105 e. The van der Waals surface area contributed by atoms with Gasteiger partial charge in [0.2, 0.25) is 0 Å². The zero-order chi connectivity index (χ0) is 26.7. The van der Waals surface area contributed by atoms with E-state index in [-0.39, 0.29) is 72.9 Å². The molecule has 3 nitrogen and oxygen atoms in total. The summed E-state index contributed by atoms with van der Waals surface area (Å²) in [5.41, 5.74) is 1.29. The number of rotatable bonds is 18. The van der Waals surface area contributed by atoms with Crippen LogP contribution >= 0.6 is 0 Å². The lowest BCUT2D eigenvalue weighted by molar-refractivity contribution is -0.0473. The third-order valence-electron chi connectivity index (χ3n) is 7.63. The quantitative estimate of drug-likeness (QED) is 0.112. The monoisotopic (exact) mass is 629 g/mol. The molecule has 0 aromatic carbocycles. The molecule has 0 bridgehead atoms. The van der Waals surface area contributed by atoms with Crippen molar-refractivity contribution in [2.24, 2.45) is 10.8 Å². The highest BCUT2D eigenvalue weighted by molar-refractivity contribution is 4.78. The van der Waals surface area contributed by atoms with E-state index in [1.807, 2.05) is 38.2 Å². The molecule has 0 rings (SSSR count). The molecule has 3 heteroatoms. The Hall–Kier alpha value is -0.640. The first-order chi connectivity index (χ1) is 16.3. The SMILES string of the molecule is C.C.C.C.C.C.C.C.C.C/C=C/COCC(COCCC)OC/C=C/C.CCC(C)(CC)CC.CCC(CC)(CC)CC. The Balaban J connectivity index is -0.0000000326. The van der Waals surface area contributed by atoms with Gasteiger partial charge in [0, 0.05) is 6.61 Å². The normalized spacial score (nSPS) is 10.2. The summed E-state index contributed by atoms with van der Waals surface area (Å²) in [6.07, 6.45) is 18.3. The highest BCUT2D eigenvalue weighted by atomic mass is 16.6. The van der Waals surface area contributed by atoms with Crippen molar-refractivity contribution in [1.82, 2.24) is 0 Å². The van der Waals surface area contributed by atoms with Crippen LogP contribution in [0.15, 0.2) is 24.3 Å². The van der Waals surface area contributed by atoms with E-state index in [0.29, 0.717) is 37.3 Å². The Morgan fingerprint density at radius 2 is 0.860 bits per heavy atom. The summed E-state index contributed by atoms with van der Waals surface area (Å²) in [7, 11) is 0. The van der Waals surface area contributed by atoms with E-state index in [4.69, 9.17) is 14.2 Å². The van der Waals surface area contributed by atoms with Crippen LogP contribution in [-0.4, -0.2) is 39.1 Å². The molecule has 0 radical (unpaired) electrons. The van der Waals surface area contributed by atoms with Crippen LogP contribution < -0.4 is 0 Å². The molecule has 0 fully saturated rings. The van der Waals surface area contributed by atoms with Crippen LogP contribution in [0.5, 0.6) is 0 Å². The fraction of sp³-hybridized carbons (Fsp3) is 0.900. The summed E-state index contributed by atoms with van der Waals surface area (Å²) in [5, 5.41) is 0. The summed E-state index contributed by atoms with van der Waals surface area (Å²) in [6.45, 7) is 27.6. The first-order valence-electron chi connectivity index (χ1n) is 14.3. The van der Waals surface area contributed by atoms with Gasteiger partial charge in [-0.1, -0.05) is 198 Å². The maximum atomic E-state index is 5.65. The van der Waals surface area contributed by atoms with Gasteiger partial charge in [-0.3, -0.25) is 0 Å². The highest BCUT2D eigenvalue weighted by Crippen LogP contribution is 2.33. The number of ether oxygens (including phenoxy) is 3. The van der Waals surface area contributed by atoms with Gasteiger partial charge in [-0.05, 0) is 31.1 Å². The zero-order valence-corrected chi connectivity index (χ0v) is 25.3. The van der Waals surface area contributed by atoms with E-state index in [2.05, 4.69) is 62.3 Å². The van der Waals surface area contributed by atoms with Gasteiger partial charge in [0.05, 0.1) is 26.4 Å². The summed E-state index contributed by atoms with van der Waals surface area (Å²) < 4.78 is 16.6. The average molecular weight is 629 g/mol. The molecule has 1 unspecified atom stereocenters. The molecular formula is C40H100O3. The predicted molar refractivity (Wildman–Crippen MR) is 214 cm³/mol. The lowest BCUT2D eigenvalue weighted by Crippen LogP contribution is -2.26. The second-order valence-corrected chi connectivity index (χ2v) is 9.49. The number of allylic oxidation sites excluding steroid dienone is 2. The molecule has 278 valence electrons. The van der Waals surface area contributed by atoms with E-state index in [1.165, 1.54) is 44.9 Å². The van der Waals surface area contributed by atoms with Gasteiger partial charge in [-0.2, -0.15) is 0 Å². The lowest BCUT2D eigenvalue weighted by Gasteiger charge is -2.28. The van der Waals surface area contributed by atoms with E-state index in [0.717, 1.165) is 13.0 Å². The van der Waals surface area contributed by atoms with Gasteiger partial charge in [0.1, 0.15) is 6.10 Å². The largest absolute Gasteiger partial charge is 0.379 e. The molecule has 0 heterocycles. The number of hydrogen-bond donors (Lipinski definition) is 0. The molecule has 0 N–H and O–H groups in total. The Morgan fingerprint density at radius 1 is 0.512 bits per heavy atom. The van der Waals surface area contributed by atoms with Gasteiger partial charge in [-0.15, -0.1) is 0 Å². The molecular weight excluding hydrogens is 528 g/mol. The molecule has 0 aliphatic carbocycles. The Morgan fingerprint density at radius 3 is 1.12 bits per heavy atom. The van der Waals surface area contributed by atoms with Crippen molar-refractivity contribution in [1.29, 1.82) is 0 Å². The van der Waals surface area contributed by atoms with Crippen molar-refractivity contribution in [3.05, 3.63) is 24.3 Å². The smallest absolute Gasteiger partial charge is 0.105 e. The van der Waals surface area contributed by atoms with E-state index in [1.54, 1.807) is 0 Å².